The van der Waals surface area contributed by atoms with E-state index in [0.29, 0.717) is 23.5 Å². The first kappa shape index (κ1) is 16.6. The second-order valence-corrected chi connectivity index (χ2v) is 4.93. The summed E-state index contributed by atoms with van der Waals surface area (Å²) < 4.78 is 15.5. The summed E-state index contributed by atoms with van der Waals surface area (Å²) in [7, 11) is 4.58. The molecule has 0 aliphatic carbocycles. The van der Waals surface area contributed by atoms with Crippen LogP contribution in [0.5, 0.6) is 11.5 Å². The zero-order chi connectivity index (χ0) is 16.7. The maximum atomic E-state index is 12.1. The van der Waals surface area contributed by atoms with Crippen molar-refractivity contribution >= 4 is 12.0 Å². The molecule has 2 aromatic rings. The van der Waals surface area contributed by atoms with Crippen molar-refractivity contribution in [2.75, 3.05) is 21.3 Å². The van der Waals surface area contributed by atoms with E-state index in [1.165, 1.54) is 7.11 Å². The van der Waals surface area contributed by atoms with Gasteiger partial charge in [0, 0.05) is 18.1 Å². The lowest BCUT2D eigenvalue weighted by Gasteiger charge is -2.12. The molecule has 2 aromatic carbocycles. The fourth-order valence-electron chi connectivity index (χ4n) is 2.27. The van der Waals surface area contributed by atoms with Gasteiger partial charge in [-0.3, -0.25) is 0 Å². The lowest BCUT2D eigenvalue weighted by molar-refractivity contribution is -0.136. The molecule has 0 heterocycles. The minimum atomic E-state index is -0.355. The van der Waals surface area contributed by atoms with Crippen molar-refractivity contribution in [3.63, 3.8) is 0 Å². The predicted octanol–water partition coefficient (Wildman–Crippen LogP) is 3.50. The number of rotatable bonds is 6. The molecule has 23 heavy (non-hydrogen) atoms. The molecule has 0 saturated carbocycles. The van der Waals surface area contributed by atoms with E-state index in [0.717, 1.165) is 11.1 Å². The Bertz CT molecular complexity index is 690. The molecule has 0 aliphatic heterocycles. The topological polar surface area (TPSA) is 44.8 Å². The molecule has 0 amide bonds. The van der Waals surface area contributed by atoms with Crippen LogP contribution in [-0.4, -0.2) is 27.3 Å². The van der Waals surface area contributed by atoms with Gasteiger partial charge in [-0.25, -0.2) is 4.79 Å². The van der Waals surface area contributed by atoms with Crippen LogP contribution >= 0.6 is 0 Å². The number of benzene rings is 2. The van der Waals surface area contributed by atoms with Crippen LogP contribution in [0, 0.1) is 0 Å². The van der Waals surface area contributed by atoms with Crippen LogP contribution in [0.3, 0.4) is 0 Å². The van der Waals surface area contributed by atoms with Crippen LogP contribution in [0.2, 0.25) is 0 Å². The molecule has 2 rings (SSSR count). The SMILES string of the molecule is COC(=O)/C(=C\c1ccccc1)Cc1ccc(OC)cc1OC. The summed E-state index contributed by atoms with van der Waals surface area (Å²) in [5.74, 6) is 1.02. The van der Waals surface area contributed by atoms with E-state index < -0.39 is 0 Å². The Morgan fingerprint density at radius 2 is 1.74 bits per heavy atom. The summed E-state index contributed by atoms with van der Waals surface area (Å²) >= 11 is 0. The van der Waals surface area contributed by atoms with Crippen LogP contribution in [0.25, 0.3) is 6.08 Å². The van der Waals surface area contributed by atoms with E-state index in [4.69, 9.17) is 14.2 Å². The first-order valence-corrected chi connectivity index (χ1v) is 7.22. The second kappa shape index (κ2) is 8.03. The monoisotopic (exact) mass is 312 g/mol. The van der Waals surface area contributed by atoms with Crippen LogP contribution < -0.4 is 9.47 Å². The Balaban J connectivity index is 2.35. The van der Waals surface area contributed by atoms with Crippen LogP contribution in [0.15, 0.2) is 54.1 Å². The summed E-state index contributed by atoms with van der Waals surface area (Å²) in [6.07, 6.45) is 2.24. The lowest BCUT2D eigenvalue weighted by atomic mass is 10.0. The Kier molecular flexibility index (Phi) is 5.80. The van der Waals surface area contributed by atoms with Crippen molar-refractivity contribution in [3.05, 3.63) is 65.2 Å². The molecule has 120 valence electrons. The number of carbonyl (C=O) groups excluding carboxylic acids is 1. The Morgan fingerprint density at radius 3 is 2.35 bits per heavy atom. The van der Waals surface area contributed by atoms with Crippen molar-refractivity contribution in [2.45, 2.75) is 6.42 Å². The number of carbonyl (C=O) groups is 1. The van der Waals surface area contributed by atoms with Crippen LogP contribution in [0.1, 0.15) is 11.1 Å². The Hall–Kier alpha value is -2.75. The van der Waals surface area contributed by atoms with Crippen molar-refractivity contribution < 1.29 is 19.0 Å². The smallest absolute Gasteiger partial charge is 0.334 e. The molecular weight excluding hydrogens is 292 g/mol. The molecule has 4 nitrogen and oxygen atoms in total. The third kappa shape index (κ3) is 4.36. The maximum Gasteiger partial charge on any atom is 0.334 e. The predicted molar refractivity (Wildman–Crippen MR) is 89.7 cm³/mol. The molecule has 0 unspecified atom stereocenters. The molecule has 0 aliphatic rings. The van der Waals surface area contributed by atoms with Gasteiger partial charge in [0.25, 0.3) is 0 Å². The average molecular weight is 312 g/mol. The maximum absolute atomic E-state index is 12.1. The van der Waals surface area contributed by atoms with Gasteiger partial charge >= 0.3 is 5.97 Å². The van der Waals surface area contributed by atoms with Gasteiger partial charge < -0.3 is 14.2 Å². The largest absolute Gasteiger partial charge is 0.497 e. The first-order chi connectivity index (χ1) is 11.2. The lowest BCUT2D eigenvalue weighted by Crippen LogP contribution is -2.08. The van der Waals surface area contributed by atoms with Gasteiger partial charge in [-0.2, -0.15) is 0 Å². The van der Waals surface area contributed by atoms with Crippen molar-refractivity contribution in [3.8, 4) is 11.5 Å². The molecule has 0 atom stereocenters. The van der Waals surface area contributed by atoms with Gasteiger partial charge in [0.1, 0.15) is 11.5 Å². The highest BCUT2D eigenvalue weighted by atomic mass is 16.5. The molecule has 0 N–H and O–H groups in total. The number of hydrogen-bond donors (Lipinski definition) is 0. The van der Waals surface area contributed by atoms with Gasteiger partial charge in [-0.15, -0.1) is 0 Å². The van der Waals surface area contributed by atoms with Crippen molar-refractivity contribution in [1.29, 1.82) is 0 Å². The highest BCUT2D eigenvalue weighted by Crippen LogP contribution is 2.27. The van der Waals surface area contributed by atoms with Crippen LogP contribution in [-0.2, 0) is 16.0 Å². The fourth-order valence-corrected chi connectivity index (χ4v) is 2.27. The van der Waals surface area contributed by atoms with Gasteiger partial charge in [-0.05, 0) is 23.3 Å². The van der Waals surface area contributed by atoms with E-state index >= 15 is 0 Å². The highest BCUT2D eigenvalue weighted by molar-refractivity contribution is 5.94. The van der Waals surface area contributed by atoms with Crippen molar-refractivity contribution in [1.82, 2.24) is 0 Å². The zero-order valence-corrected chi connectivity index (χ0v) is 13.5. The first-order valence-electron chi connectivity index (χ1n) is 7.22. The molecule has 0 bridgehead atoms. The Morgan fingerprint density at radius 1 is 1.00 bits per heavy atom. The summed E-state index contributed by atoms with van der Waals surface area (Å²) in [5, 5.41) is 0. The molecule has 0 fully saturated rings. The van der Waals surface area contributed by atoms with E-state index in [1.54, 1.807) is 20.3 Å². The summed E-state index contributed by atoms with van der Waals surface area (Å²) in [4.78, 5) is 12.1. The Labute approximate surface area is 136 Å². The van der Waals surface area contributed by atoms with E-state index in [-0.39, 0.29) is 5.97 Å². The number of esters is 1. The third-order valence-corrected chi connectivity index (χ3v) is 3.46. The van der Waals surface area contributed by atoms with Gasteiger partial charge in [-0.1, -0.05) is 36.4 Å². The number of hydrogen-bond acceptors (Lipinski definition) is 4. The summed E-state index contributed by atoms with van der Waals surface area (Å²) in [5.41, 5.74) is 2.39. The second-order valence-electron chi connectivity index (χ2n) is 4.93. The summed E-state index contributed by atoms with van der Waals surface area (Å²) in [6.45, 7) is 0. The molecule has 0 saturated heterocycles. The molecule has 0 radical (unpaired) electrons. The fraction of sp³-hybridized carbons (Fsp3) is 0.211. The highest BCUT2D eigenvalue weighted by Gasteiger charge is 2.14. The van der Waals surface area contributed by atoms with E-state index in [9.17, 15) is 4.79 Å². The molecule has 4 heteroatoms. The van der Waals surface area contributed by atoms with E-state index in [1.807, 2.05) is 48.5 Å². The quantitative estimate of drug-likeness (QED) is 0.605. The van der Waals surface area contributed by atoms with Gasteiger partial charge in [0.2, 0.25) is 0 Å². The molecular formula is C19H20O4. The minimum absolute atomic E-state index is 0.355. The normalized spacial score (nSPS) is 11.0. The average Bonchev–Trinajstić information content (AvgIpc) is 2.61. The van der Waals surface area contributed by atoms with Crippen LogP contribution in [0.4, 0.5) is 0 Å². The number of methoxy groups -OCH3 is 3. The molecule has 0 aromatic heterocycles. The summed E-state index contributed by atoms with van der Waals surface area (Å²) in [6, 6.07) is 15.2. The van der Waals surface area contributed by atoms with Gasteiger partial charge in [0.05, 0.1) is 21.3 Å². The zero-order valence-electron chi connectivity index (χ0n) is 13.5. The van der Waals surface area contributed by atoms with Gasteiger partial charge in [0.15, 0.2) is 0 Å². The van der Waals surface area contributed by atoms with Crippen molar-refractivity contribution in [2.24, 2.45) is 0 Å². The standard InChI is InChI=1S/C19H20O4/c1-21-17-10-9-15(18(13-17)22-2)12-16(19(20)23-3)11-14-7-5-4-6-8-14/h4-11,13H,12H2,1-3H3/b16-11-. The molecule has 0 spiro atoms. The number of ether oxygens (including phenoxy) is 3. The van der Waals surface area contributed by atoms with E-state index in [2.05, 4.69) is 0 Å². The third-order valence-electron chi connectivity index (χ3n) is 3.46. The minimum Gasteiger partial charge on any atom is -0.497 e.